The van der Waals surface area contributed by atoms with Crippen LogP contribution in [0.3, 0.4) is 0 Å². The number of aromatic carboxylic acids is 1. The first-order chi connectivity index (χ1) is 13.4. The molecule has 0 aliphatic carbocycles. The minimum atomic E-state index is -2.97. The van der Waals surface area contributed by atoms with E-state index in [-0.39, 0.29) is 16.2 Å². The number of hydrogen-bond donors (Lipinski definition) is 2. The molecule has 1 aliphatic rings. The Morgan fingerprint density at radius 2 is 2.03 bits per heavy atom. The summed E-state index contributed by atoms with van der Waals surface area (Å²) in [5, 5.41) is 12.2. The van der Waals surface area contributed by atoms with Gasteiger partial charge in [0, 0.05) is 29.8 Å². The summed E-state index contributed by atoms with van der Waals surface area (Å²) in [5.74, 6) is -4.34. The second-order valence-corrected chi connectivity index (χ2v) is 9.15. The van der Waals surface area contributed by atoms with Crippen LogP contribution in [-0.4, -0.2) is 55.9 Å². The van der Waals surface area contributed by atoms with Crippen LogP contribution in [0.15, 0.2) is 18.3 Å². The molecule has 156 valence electrons. The largest absolute Gasteiger partial charge is 0.476 e. The lowest BCUT2D eigenvalue weighted by Gasteiger charge is -2.21. The van der Waals surface area contributed by atoms with Gasteiger partial charge in [-0.15, -0.1) is 11.3 Å². The van der Waals surface area contributed by atoms with Crippen molar-refractivity contribution >= 4 is 29.0 Å². The molecule has 2 aromatic rings. The lowest BCUT2D eigenvalue weighted by molar-refractivity contribution is 0.0117. The Kier molecular flexibility index (Phi) is 5.33. The summed E-state index contributed by atoms with van der Waals surface area (Å²) in [5.41, 5.74) is 0.153. The molecule has 1 atom stereocenters. The van der Waals surface area contributed by atoms with Gasteiger partial charge in [-0.1, -0.05) is 0 Å². The average Bonchev–Trinajstić information content (AvgIpc) is 3.14. The molecule has 7 nitrogen and oxygen atoms in total. The molecule has 1 aliphatic heterocycles. The number of rotatable bonds is 4. The highest BCUT2D eigenvalue weighted by molar-refractivity contribution is 7.17. The van der Waals surface area contributed by atoms with Crippen molar-refractivity contribution in [2.45, 2.75) is 51.6 Å². The summed E-state index contributed by atoms with van der Waals surface area (Å²) < 4.78 is 27.5. The van der Waals surface area contributed by atoms with Gasteiger partial charge in [0.1, 0.15) is 11.5 Å². The minimum Gasteiger partial charge on any atom is -0.476 e. The number of hydrogen-bond acceptors (Lipinski definition) is 6. The molecule has 1 fully saturated rings. The van der Waals surface area contributed by atoms with Crippen molar-refractivity contribution in [3.63, 3.8) is 0 Å². The van der Waals surface area contributed by atoms with E-state index in [4.69, 9.17) is 0 Å². The smallest absolute Gasteiger partial charge is 0.365 e. The molecule has 0 spiro atoms. The summed E-state index contributed by atoms with van der Waals surface area (Å²) in [6.07, 6.45) is 1.07. The minimum absolute atomic E-state index is 0.143. The lowest BCUT2D eigenvalue weighted by atomic mass is 10.1. The van der Waals surface area contributed by atoms with E-state index >= 15 is 0 Å². The van der Waals surface area contributed by atoms with Gasteiger partial charge < -0.3 is 15.3 Å². The number of nitrogens with zero attached hydrogens (tertiary/aromatic N) is 3. The van der Waals surface area contributed by atoms with Crippen LogP contribution >= 0.6 is 11.3 Å². The molecule has 1 saturated heterocycles. The number of carbonyl (C=O) groups is 2. The van der Waals surface area contributed by atoms with Gasteiger partial charge in [-0.3, -0.25) is 4.79 Å². The summed E-state index contributed by atoms with van der Waals surface area (Å²) in [6.45, 7) is 6.77. The Bertz CT molecular complexity index is 938. The molecule has 2 aromatic heterocycles. The first kappa shape index (κ1) is 21.1. The Hall–Kier alpha value is -2.62. The normalized spacial score (nSPS) is 18.7. The van der Waals surface area contributed by atoms with E-state index in [1.165, 1.54) is 13.1 Å². The van der Waals surface area contributed by atoms with Crippen molar-refractivity contribution in [2.75, 3.05) is 11.9 Å². The third kappa shape index (κ3) is 4.69. The van der Waals surface area contributed by atoms with Crippen LogP contribution in [-0.2, 0) is 0 Å². The molecule has 0 unspecified atom stereocenters. The molecule has 0 radical (unpaired) electrons. The van der Waals surface area contributed by atoms with Crippen molar-refractivity contribution in [2.24, 2.45) is 0 Å². The fraction of sp³-hybridized carbons (Fsp3) is 0.474. The Morgan fingerprint density at radius 3 is 2.52 bits per heavy atom. The highest BCUT2D eigenvalue weighted by atomic mass is 32.1. The van der Waals surface area contributed by atoms with E-state index in [0.717, 1.165) is 16.2 Å². The maximum absolute atomic E-state index is 13.7. The molecule has 0 aromatic carbocycles. The fourth-order valence-electron chi connectivity index (χ4n) is 3.16. The summed E-state index contributed by atoms with van der Waals surface area (Å²) >= 11 is 0.822. The SMILES string of the molecule is C[C@H]1CC(F)(F)CN1C(=O)c1nc(C(=O)O)sc1-c1ccc(NC(C)(C)C)nc1. The van der Waals surface area contributed by atoms with Crippen molar-refractivity contribution in [3.8, 4) is 10.4 Å². The Labute approximate surface area is 170 Å². The van der Waals surface area contributed by atoms with Crippen LogP contribution in [0, 0.1) is 0 Å². The number of likely N-dealkylation sites (tertiary alicyclic amines) is 1. The standard InChI is InChI=1S/C19H22F2N4O3S/c1-10-7-19(20,21)9-25(10)16(26)13-14(29-15(23-13)17(27)28)11-5-6-12(22-8-11)24-18(2,3)4/h5-6,8,10H,7,9H2,1-4H3,(H,22,24)(H,27,28)/t10-/m0/s1. The van der Waals surface area contributed by atoms with Crippen LogP contribution < -0.4 is 5.32 Å². The number of nitrogens with one attached hydrogen (secondary N) is 1. The number of alkyl halides is 2. The number of carboxylic acids is 1. The molecule has 3 rings (SSSR count). The second-order valence-electron chi connectivity index (χ2n) is 8.15. The van der Waals surface area contributed by atoms with Gasteiger partial charge in [-0.25, -0.2) is 23.5 Å². The zero-order valence-electron chi connectivity index (χ0n) is 16.5. The van der Waals surface area contributed by atoms with Gasteiger partial charge in [-0.2, -0.15) is 0 Å². The number of aromatic nitrogens is 2. The molecule has 10 heteroatoms. The Morgan fingerprint density at radius 1 is 1.34 bits per heavy atom. The van der Waals surface area contributed by atoms with Gasteiger partial charge in [0.05, 0.1) is 11.4 Å². The lowest BCUT2D eigenvalue weighted by Crippen LogP contribution is -2.35. The zero-order valence-corrected chi connectivity index (χ0v) is 17.3. The topological polar surface area (TPSA) is 95.4 Å². The van der Waals surface area contributed by atoms with Crippen molar-refractivity contribution < 1.29 is 23.5 Å². The Balaban J connectivity index is 1.97. The third-order valence-corrected chi connectivity index (χ3v) is 5.42. The number of amides is 1. The number of halogens is 2. The van der Waals surface area contributed by atoms with E-state index in [1.54, 1.807) is 12.1 Å². The van der Waals surface area contributed by atoms with Gasteiger partial charge >= 0.3 is 5.97 Å². The average molecular weight is 424 g/mol. The van der Waals surface area contributed by atoms with Gasteiger partial charge in [-0.05, 0) is 39.8 Å². The number of anilines is 1. The monoisotopic (exact) mass is 424 g/mol. The molecule has 1 amide bonds. The first-order valence-corrected chi connectivity index (χ1v) is 9.85. The second kappa shape index (κ2) is 7.33. The van der Waals surface area contributed by atoms with E-state index in [2.05, 4.69) is 15.3 Å². The quantitative estimate of drug-likeness (QED) is 0.771. The maximum atomic E-state index is 13.7. The van der Waals surface area contributed by atoms with E-state index < -0.39 is 36.8 Å². The molecule has 3 heterocycles. The van der Waals surface area contributed by atoms with Crippen LogP contribution in [0.25, 0.3) is 10.4 Å². The predicted octanol–water partition coefficient (Wildman–Crippen LogP) is 3.98. The molecule has 2 N–H and O–H groups in total. The molecule has 29 heavy (non-hydrogen) atoms. The van der Waals surface area contributed by atoms with Crippen molar-refractivity contribution in [1.29, 1.82) is 0 Å². The van der Waals surface area contributed by atoms with Gasteiger partial charge in [0.2, 0.25) is 5.01 Å². The summed E-state index contributed by atoms with van der Waals surface area (Å²) in [4.78, 5) is 33.9. The van der Waals surface area contributed by atoms with Crippen LogP contribution in [0.1, 0.15) is 54.4 Å². The molecule has 0 bridgehead atoms. The predicted molar refractivity (Wildman–Crippen MR) is 106 cm³/mol. The van der Waals surface area contributed by atoms with E-state index in [0.29, 0.717) is 16.3 Å². The number of carboxylic acid groups (broad SMARTS) is 1. The highest BCUT2D eigenvalue weighted by Crippen LogP contribution is 2.36. The van der Waals surface area contributed by atoms with Crippen LogP contribution in [0.5, 0.6) is 0 Å². The molecule has 0 saturated carbocycles. The summed E-state index contributed by atoms with van der Waals surface area (Å²) in [7, 11) is 0. The first-order valence-electron chi connectivity index (χ1n) is 9.04. The van der Waals surface area contributed by atoms with E-state index in [9.17, 15) is 23.5 Å². The van der Waals surface area contributed by atoms with Crippen LogP contribution in [0.2, 0.25) is 0 Å². The third-order valence-electron chi connectivity index (χ3n) is 4.33. The molecular weight excluding hydrogens is 402 g/mol. The number of pyridine rings is 1. The molecular formula is C19H22F2N4O3S. The van der Waals surface area contributed by atoms with Crippen LogP contribution in [0.4, 0.5) is 14.6 Å². The highest BCUT2D eigenvalue weighted by Gasteiger charge is 2.46. The summed E-state index contributed by atoms with van der Waals surface area (Å²) in [6, 6.07) is 2.73. The zero-order chi connectivity index (χ0) is 21.6. The van der Waals surface area contributed by atoms with E-state index in [1.807, 2.05) is 20.8 Å². The van der Waals surface area contributed by atoms with Crippen molar-refractivity contribution in [3.05, 3.63) is 29.0 Å². The maximum Gasteiger partial charge on any atom is 0.365 e. The number of thiazole rings is 1. The number of carbonyl (C=O) groups excluding carboxylic acids is 1. The van der Waals surface area contributed by atoms with Crippen molar-refractivity contribution in [1.82, 2.24) is 14.9 Å². The fourth-order valence-corrected chi connectivity index (χ4v) is 4.04. The van der Waals surface area contributed by atoms with Gasteiger partial charge in [0.25, 0.3) is 11.8 Å². The van der Waals surface area contributed by atoms with Gasteiger partial charge in [0.15, 0.2) is 0 Å².